The van der Waals surface area contributed by atoms with Gasteiger partial charge >= 0.3 is 0 Å². The Kier molecular flexibility index (Phi) is 7.13. The van der Waals surface area contributed by atoms with Gasteiger partial charge in [-0.15, -0.1) is 0 Å². The van der Waals surface area contributed by atoms with Gasteiger partial charge in [0.2, 0.25) is 5.91 Å². The first-order chi connectivity index (χ1) is 14.0. The van der Waals surface area contributed by atoms with Gasteiger partial charge in [0.15, 0.2) is 0 Å². The number of thiocarbonyl (C=S) groups is 1. The minimum absolute atomic E-state index is 0.219. The van der Waals surface area contributed by atoms with Crippen molar-refractivity contribution in [2.24, 2.45) is 0 Å². The predicted octanol–water partition coefficient (Wildman–Crippen LogP) is 2.75. The van der Waals surface area contributed by atoms with Crippen LogP contribution in [0.15, 0.2) is 59.5 Å². The molecule has 1 heterocycles. The van der Waals surface area contributed by atoms with Gasteiger partial charge < -0.3 is 10.4 Å². The van der Waals surface area contributed by atoms with Crippen molar-refractivity contribution in [2.45, 2.75) is 12.5 Å². The van der Waals surface area contributed by atoms with Crippen LogP contribution in [0.5, 0.6) is 0 Å². The molecule has 2 amide bonds. The lowest BCUT2D eigenvalue weighted by Crippen LogP contribution is -2.45. The summed E-state index contributed by atoms with van der Waals surface area (Å²) in [5.41, 5.74) is 1.65. The molecule has 1 aliphatic heterocycles. The van der Waals surface area contributed by atoms with Crippen LogP contribution in [-0.2, 0) is 16.0 Å². The zero-order valence-corrected chi connectivity index (χ0v) is 17.0. The number of thioether (sulfide) groups is 1. The van der Waals surface area contributed by atoms with Gasteiger partial charge in [-0.05, 0) is 35.8 Å². The molecule has 0 spiro atoms. The summed E-state index contributed by atoms with van der Waals surface area (Å²) in [4.78, 5) is 26.6. The molecule has 0 aliphatic carbocycles. The van der Waals surface area contributed by atoms with Crippen LogP contribution in [0.25, 0.3) is 6.08 Å². The van der Waals surface area contributed by atoms with Crippen molar-refractivity contribution in [1.29, 1.82) is 0 Å². The number of halogens is 1. The molecular formula is C21H19FN2O3S2. The standard InChI is InChI=1S/C21H19FN2O3S2/c22-16-8-6-15(7-9-16)11-18-20(27)24(21(28)29-18)12-19(26)23-17(13-25)10-14-4-2-1-3-5-14/h1-9,11,17,25H,10,12-13H2,(H,23,26)/b18-11-. The zero-order chi connectivity index (χ0) is 20.8. The van der Waals surface area contributed by atoms with Crippen molar-refractivity contribution in [2.75, 3.05) is 13.2 Å². The third-order valence-electron chi connectivity index (χ3n) is 4.25. The third-order valence-corrected chi connectivity index (χ3v) is 5.63. The number of benzene rings is 2. The highest BCUT2D eigenvalue weighted by atomic mass is 32.2. The maximum absolute atomic E-state index is 13.0. The summed E-state index contributed by atoms with van der Waals surface area (Å²) in [7, 11) is 0. The molecule has 2 N–H and O–H groups in total. The molecule has 3 rings (SSSR count). The highest BCUT2D eigenvalue weighted by Gasteiger charge is 2.33. The van der Waals surface area contributed by atoms with Crippen LogP contribution in [-0.4, -0.2) is 45.3 Å². The average Bonchev–Trinajstić information content (AvgIpc) is 2.97. The first-order valence-electron chi connectivity index (χ1n) is 8.91. The quantitative estimate of drug-likeness (QED) is 0.522. The van der Waals surface area contributed by atoms with E-state index in [-0.39, 0.29) is 29.2 Å². The number of amides is 2. The monoisotopic (exact) mass is 430 g/mol. The largest absolute Gasteiger partial charge is 0.394 e. The van der Waals surface area contributed by atoms with Crippen molar-refractivity contribution >= 4 is 46.2 Å². The van der Waals surface area contributed by atoms with Crippen molar-refractivity contribution in [3.63, 3.8) is 0 Å². The average molecular weight is 431 g/mol. The molecule has 1 atom stereocenters. The summed E-state index contributed by atoms with van der Waals surface area (Å²) >= 11 is 6.33. The molecule has 1 aliphatic rings. The lowest BCUT2D eigenvalue weighted by molar-refractivity contribution is -0.129. The maximum atomic E-state index is 13.0. The summed E-state index contributed by atoms with van der Waals surface area (Å²) in [6, 6.07) is 14.8. The lowest BCUT2D eigenvalue weighted by Gasteiger charge is -2.19. The molecule has 2 aromatic carbocycles. The van der Waals surface area contributed by atoms with E-state index < -0.39 is 11.9 Å². The van der Waals surface area contributed by atoms with Gasteiger partial charge in [-0.2, -0.15) is 0 Å². The normalized spacial score (nSPS) is 16.3. The summed E-state index contributed by atoms with van der Waals surface area (Å²) < 4.78 is 13.3. The Bertz CT molecular complexity index is 933. The minimum atomic E-state index is -0.460. The van der Waals surface area contributed by atoms with Crippen molar-refractivity contribution in [3.05, 3.63) is 76.4 Å². The maximum Gasteiger partial charge on any atom is 0.266 e. The van der Waals surface area contributed by atoms with E-state index in [2.05, 4.69) is 5.32 Å². The van der Waals surface area contributed by atoms with E-state index in [0.29, 0.717) is 16.9 Å². The molecule has 0 aromatic heterocycles. The van der Waals surface area contributed by atoms with Crippen molar-refractivity contribution in [3.8, 4) is 0 Å². The molecule has 0 bridgehead atoms. The number of rotatable bonds is 7. The Labute approximate surface area is 177 Å². The molecule has 1 saturated heterocycles. The molecule has 150 valence electrons. The Morgan fingerprint density at radius 3 is 2.55 bits per heavy atom. The first-order valence-corrected chi connectivity index (χ1v) is 10.1. The molecule has 2 aromatic rings. The van der Waals surface area contributed by atoms with E-state index in [4.69, 9.17) is 12.2 Å². The van der Waals surface area contributed by atoms with Crippen molar-refractivity contribution in [1.82, 2.24) is 10.2 Å². The Balaban J connectivity index is 1.61. The number of hydrogen-bond acceptors (Lipinski definition) is 5. The van der Waals surface area contributed by atoms with Gasteiger partial charge in [-0.25, -0.2) is 4.39 Å². The summed E-state index contributed by atoms with van der Waals surface area (Å²) in [5, 5.41) is 12.3. The Morgan fingerprint density at radius 2 is 1.90 bits per heavy atom. The molecule has 5 nitrogen and oxygen atoms in total. The van der Waals surface area contributed by atoms with Crippen LogP contribution in [0, 0.1) is 5.82 Å². The van der Waals surface area contributed by atoms with Crippen molar-refractivity contribution < 1.29 is 19.1 Å². The fraction of sp³-hybridized carbons (Fsp3) is 0.190. The Morgan fingerprint density at radius 1 is 1.21 bits per heavy atom. The van der Waals surface area contributed by atoms with Crippen LogP contribution >= 0.6 is 24.0 Å². The second-order valence-corrected chi connectivity index (χ2v) is 8.13. The number of hydrogen-bond donors (Lipinski definition) is 2. The van der Waals surface area contributed by atoms with Gasteiger partial charge in [0, 0.05) is 0 Å². The van der Waals surface area contributed by atoms with Gasteiger partial charge in [0.25, 0.3) is 5.91 Å². The van der Waals surface area contributed by atoms with E-state index in [1.807, 2.05) is 30.3 Å². The Hall–Kier alpha value is -2.55. The topological polar surface area (TPSA) is 69.6 Å². The molecule has 0 saturated carbocycles. The van der Waals surface area contributed by atoms with E-state index in [1.54, 1.807) is 18.2 Å². The lowest BCUT2D eigenvalue weighted by atomic mass is 10.1. The molecular weight excluding hydrogens is 411 g/mol. The molecule has 1 fully saturated rings. The molecule has 1 unspecified atom stereocenters. The molecule has 29 heavy (non-hydrogen) atoms. The van der Waals surface area contributed by atoms with E-state index in [9.17, 15) is 19.1 Å². The highest BCUT2D eigenvalue weighted by molar-refractivity contribution is 8.26. The van der Waals surface area contributed by atoms with Gasteiger partial charge in [-0.3, -0.25) is 14.5 Å². The first kappa shape index (κ1) is 21.2. The smallest absolute Gasteiger partial charge is 0.266 e. The SMILES string of the molecule is O=C(CN1C(=O)/C(=C/c2ccc(F)cc2)SC1=S)NC(CO)Cc1ccccc1. The van der Waals surface area contributed by atoms with E-state index >= 15 is 0 Å². The summed E-state index contributed by atoms with van der Waals surface area (Å²) in [6.45, 7) is -0.444. The molecule has 0 radical (unpaired) electrons. The van der Waals surface area contributed by atoms with Gasteiger partial charge in [0.05, 0.1) is 17.6 Å². The fourth-order valence-corrected chi connectivity index (χ4v) is 4.08. The summed E-state index contributed by atoms with van der Waals surface area (Å²) in [6.07, 6.45) is 2.09. The van der Waals surface area contributed by atoms with Crippen LogP contribution in [0.3, 0.4) is 0 Å². The van der Waals surface area contributed by atoms with Gasteiger partial charge in [0.1, 0.15) is 16.7 Å². The number of nitrogens with one attached hydrogen (secondary N) is 1. The van der Waals surface area contributed by atoms with E-state index in [1.165, 1.54) is 17.0 Å². The second kappa shape index (κ2) is 9.78. The fourth-order valence-electron chi connectivity index (χ4n) is 2.82. The minimum Gasteiger partial charge on any atom is -0.394 e. The number of aliphatic hydroxyl groups is 1. The van der Waals surface area contributed by atoms with E-state index in [0.717, 1.165) is 17.3 Å². The number of aliphatic hydroxyl groups excluding tert-OH is 1. The third kappa shape index (κ3) is 5.72. The highest BCUT2D eigenvalue weighted by Crippen LogP contribution is 2.32. The van der Waals surface area contributed by atoms with Gasteiger partial charge in [-0.1, -0.05) is 66.4 Å². The number of nitrogens with zero attached hydrogens (tertiary/aromatic N) is 1. The predicted molar refractivity (Wildman–Crippen MR) is 115 cm³/mol. The van der Waals surface area contributed by atoms with Crippen LogP contribution < -0.4 is 5.32 Å². The second-order valence-electron chi connectivity index (χ2n) is 6.46. The van der Waals surface area contributed by atoms with Crippen LogP contribution in [0.1, 0.15) is 11.1 Å². The number of carbonyl (C=O) groups excluding carboxylic acids is 2. The van der Waals surface area contributed by atoms with Crippen LogP contribution in [0.2, 0.25) is 0 Å². The zero-order valence-electron chi connectivity index (χ0n) is 15.4. The molecule has 8 heteroatoms. The van der Waals surface area contributed by atoms with Crippen LogP contribution in [0.4, 0.5) is 4.39 Å². The number of carbonyl (C=O) groups is 2. The summed E-state index contributed by atoms with van der Waals surface area (Å²) in [5.74, 6) is -1.14.